The molecule has 2 N–H and O–H groups in total. The SMILES string of the molecule is C.C.COC(=O)[C@H](Cc1ccc(-c2c(C(F)(F)F)cc(C)n(C)c2=O)c2ccccc12)NC(=O)c1c(F)cc(N2CCOC[C@@H]2C)cc1F.COC(=O)[C@H](Cc1ccc(-c2c(C(F)(F)F)cc(C)n(C)c2=O)c2ccccc12)NC(=O)c1c(F)cc(N2CCOC[C@@H]2C)cc1F. The van der Waals surface area contributed by atoms with Gasteiger partial charge in [0.25, 0.3) is 22.9 Å². The number of aryl methyl sites for hydroxylation is 2. The zero-order valence-corrected chi connectivity index (χ0v) is 52.0. The van der Waals surface area contributed by atoms with Gasteiger partial charge in [-0.15, -0.1) is 0 Å². The molecule has 0 bridgehead atoms. The molecule has 2 aliphatic rings. The molecule has 16 nitrogen and oxygen atoms in total. The Hall–Kier alpha value is -9.56. The molecule has 10 rings (SSSR count). The number of alkyl halides is 6. The summed E-state index contributed by atoms with van der Waals surface area (Å²) in [7, 11) is 4.91. The van der Waals surface area contributed by atoms with E-state index in [4.69, 9.17) is 18.9 Å². The predicted octanol–water partition coefficient (Wildman–Crippen LogP) is 12.4. The normalized spacial score (nSPS) is 15.5. The van der Waals surface area contributed by atoms with E-state index in [2.05, 4.69) is 10.6 Å². The number of nitrogens with one attached hydrogen (secondary N) is 2. The van der Waals surface area contributed by atoms with Crippen LogP contribution in [-0.2, 0) is 67.8 Å². The Balaban J connectivity index is 0.000000265. The van der Waals surface area contributed by atoms with Crippen molar-refractivity contribution in [3.8, 4) is 22.3 Å². The molecule has 0 unspecified atom stereocenters. The van der Waals surface area contributed by atoms with Crippen LogP contribution >= 0.6 is 0 Å². The lowest BCUT2D eigenvalue weighted by Gasteiger charge is -2.35. The Kier molecular flexibility index (Phi) is 23.1. The number of hydrogen-bond donors (Lipinski definition) is 2. The molecule has 2 fully saturated rings. The van der Waals surface area contributed by atoms with E-state index in [0.29, 0.717) is 61.4 Å². The quantitative estimate of drug-likeness (QED) is 0.0778. The van der Waals surface area contributed by atoms with Crippen LogP contribution in [0.15, 0.2) is 119 Å². The molecule has 2 amide bonds. The lowest BCUT2D eigenvalue weighted by atomic mass is 9.90. The summed E-state index contributed by atoms with van der Waals surface area (Å²) in [5, 5.41) is 6.08. The van der Waals surface area contributed by atoms with Crippen molar-refractivity contribution >= 4 is 56.7 Å². The average Bonchev–Trinajstić information content (AvgIpc) is 0.758. The molecule has 512 valence electrons. The number of nitrogens with zero attached hydrogens (tertiary/aromatic N) is 4. The Labute approximate surface area is 546 Å². The maximum atomic E-state index is 15.2. The van der Waals surface area contributed by atoms with Crippen LogP contribution in [-0.4, -0.2) is 111 Å². The standard InChI is InChI=1S/2C34H32F5N3O5.2CH4/c2*1-18-13-25(34(37,38)39)29(32(44)41(18)3)24-10-9-20(22-7-5-6-8-23(22)24)14-28(33(45)46-4)40-31(43)30-26(35)15-21(16-27(30)36)42-11-12-47-17-19(42)2;;/h2*5-10,13,15-16,19,28H,11-12,14,17H2,1-4H3,(H,40,43);2*1H4/t2*19-,28-;;/m00../s1. The van der Waals surface area contributed by atoms with Gasteiger partial charge in [-0.1, -0.05) is 87.6 Å². The number of benzene rings is 6. The number of anilines is 2. The summed E-state index contributed by atoms with van der Waals surface area (Å²) in [6.45, 7) is 8.76. The van der Waals surface area contributed by atoms with Gasteiger partial charge in [-0.25, -0.2) is 27.2 Å². The number of carbonyl (C=O) groups excluding carboxylic acids is 4. The van der Waals surface area contributed by atoms with Crippen LogP contribution in [0.4, 0.5) is 55.3 Å². The number of aromatic nitrogens is 2. The predicted molar refractivity (Wildman–Crippen MR) is 344 cm³/mol. The van der Waals surface area contributed by atoms with Crippen LogP contribution in [0.1, 0.15) is 83.1 Å². The average molecular weight is 1350 g/mol. The maximum absolute atomic E-state index is 15.2. The van der Waals surface area contributed by atoms with E-state index >= 15 is 17.6 Å². The van der Waals surface area contributed by atoms with Crippen molar-refractivity contribution < 1.29 is 82.0 Å². The third-order valence-electron chi connectivity index (χ3n) is 16.9. The van der Waals surface area contributed by atoms with Crippen LogP contribution in [0.2, 0.25) is 0 Å². The largest absolute Gasteiger partial charge is 0.467 e. The number of methoxy groups -OCH3 is 2. The molecule has 8 aromatic rings. The van der Waals surface area contributed by atoms with Crippen molar-refractivity contribution in [1.29, 1.82) is 0 Å². The van der Waals surface area contributed by atoms with E-state index in [9.17, 15) is 55.1 Å². The fourth-order valence-electron chi connectivity index (χ4n) is 11.8. The first kappa shape index (κ1) is 73.8. The summed E-state index contributed by atoms with van der Waals surface area (Å²) in [6.07, 6.45) is -10.1. The molecule has 2 aliphatic heterocycles. The molecule has 26 heteroatoms. The summed E-state index contributed by atoms with van der Waals surface area (Å²) in [6, 6.07) is 21.1. The summed E-state index contributed by atoms with van der Waals surface area (Å²) < 4.78 is 169. The smallest absolute Gasteiger partial charge is 0.417 e. The second-order valence-electron chi connectivity index (χ2n) is 22.8. The number of hydrogen-bond acceptors (Lipinski definition) is 12. The molecule has 2 aromatic heterocycles. The summed E-state index contributed by atoms with van der Waals surface area (Å²) in [5.41, 5.74) is -5.14. The van der Waals surface area contributed by atoms with Gasteiger partial charge in [-0.2, -0.15) is 26.3 Å². The van der Waals surface area contributed by atoms with Gasteiger partial charge in [0.2, 0.25) is 0 Å². The van der Waals surface area contributed by atoms with Gasteiger partial charge in [0.15, 0.2) is 0 Å². The van der Waals surface area contributed by atoms with Crippen molar-refractivity contribution in [2.45, 2.75) is 91.9 Å². The molecule has 4 heterocycles. The lowest BCUT2D eigenvalue weighted by molar-refractivity contribution is -0.143. The highest BCUT2D eigenvalue weighted by Crippen LogP contribution is 2.41. The summed E-state index contributed by atoms with van der Waals surface area (Å²) in [5.74, 6) is -8.75. The van der Waals surface area contributed by atoms with Gasteiger partial charge in [-0.05, 0) is 108 Å². The van der Waals surface area contributed by atoms with Crippen molar-refractivity contribution in [2.24, 2.45) is 14.1 Å². The topological polar surface area (TPSA) is 180 Å². The van der Waals surface area contributed by atoms with Crippen LogP contribution in [0.3, 0.4) is 0 Å². The number of halogens is 10. The van der Waals surface area contributed by atoms with Gasteiger partial charge in [0, 0.05) is 74.9 Å². The first-order chi connectivity index (χ1) is 44.4. The zero-order chi connectivity index (χ0) is 68.4. The van der Waals surface area contributed by atoms with E-state index in [-0.39, 0.29) is 84.4 Å². The number of carbonyl (C=O) groups is 4. The number of fused-ring (bicyclic) bond motifs is 2. The molecule has 4 atom stereocenters. The van der Waals surface area contributed by atoms with E-state index in [0.717, 1.165) is 59.8 Å². The monoisotopic (exact) mass is 1350 g/mol. The van der Waals surface area contributed by atoms with Crippen molar-refractivity contribution in [3.63, 3.8) is 0 Å². The van der Waals surface area contributed by atoms with Crippen LogP contribution in [0.25, 0.3) is 43.8 Å². The highest BCUT2D eigenvalue weighted by molar-refractivity contribution is 6.02. The van der Waals surface area contributed by atoms with Gasteiger partial charge in [0.05, 0.1) is 62.9 Å². The molecule has 2 saturated heterocycles. The Morgan fingerprint density at radius 2 is 0.854 bits per heavy atom. The van der Waals surface area contributed by atoms with E-state index in [1.165, 1.54) is 52.2 Å². The minimum atomic E-state index is -4.82. The Morgan fingerprint density at radius 3 is 1.16 bits per heavy atom. The van der Waals surface area contributed by atoms with Crippen LogP contribution in [0.5, 0.6) is 0 Å². The third-order valence-corrected chi connectivity index (χ3v) is 16.9. The molecule has 96 heavy (non-hydrogen) atoms. The van der Waals surface area contributed by atoms with Gasteiger partial charge in [-0.3, -0.25) is 19.2 Å². The lowest BCUT2D eigenvalue weighted by Crippen LogP contribution is -2.44. The molecule has 0 radical (unpaired) electrons. The second-order valence-corrected chi connectivity index (χ2v) is 22.8. The molecular formula is C70H72F10N6O10. The van der Waals surface area contributed by atoms with Crippen LogP contribution in [0, 0.1) is 37.1 Å². The molecule has 0 aliphatic carbocycles. The molecule has 0 saturated carbocycles. The number of rotatable bonds is 14. The summed E-state index contributed by atoms with van der Waals surface area (Å²) >= 11 is 0. The number of pyridine rings is 2. The molecule has 0 spiro atoms. The molecular weight excluding hydrogens is 1270 g/mol. The van der Waals surface area contributed by atoms with Gasteiger partial charge >= 0.3 is 24.3 Å². The number of esters is 2. The fourth-order valence-corrected chi connectivity index (χ4v) is 11.8. The minimum Gasteiger partial charge on any atom is -0.467 e. The Bertz CT molecular complexity index is 4080. The maximum Gasteiger partial charge on any atom is 0.417 e. The van der Waals surface area contributed by atoms with Crippen LogP contribution < -0.4 is 31.6 Å². The number of amides is 2. The third kappa shape index (κ3) is 15.2. The van der Waals surface area contributed by atoms with Gasteiger partial charge in [0.1, 0.15) is 46.5 Å². The summed E-state index contributed by atoms with van der Waals surface area (Å²) in [4.78, 5) is 82.0. The second kappa shape index (κ2) is 30.0. The Morgan fingerprint density at radius 1 is 0.531 bits per heavy atom. The highest BCUT2D eigenvalue weighted by Gasteiger charge is 2.39. The van der Waals surface area contributed by atoms with E-state index < -0.39 is 116 Å². The zero-order valence-electron chi connectivity index (χ0n) is 52.0. The van der Waals surface area contributed by atoms with Crippen molar-refractivity contribution in [1.82, 2.24) is 19.8 Å². The number of morpholine rings is 2. The van der Waals surface area contributed by atoms with Crippen molar-refractivity contribution in [3.05, 3.63) is 198 Å². The van der Waals surface area contributed by atoms with E-state index in [1.807, 2.05) is 13.8 Å². The first-order valence-corrected chi connectivity index (χ1v) is 29.5. The van der Waals surface area contributed by atoms with Gasteiger partial charge < -0.3 is 48.5 Å². The number of ether oxygens (including phenoxy) is 4. The van der Waals surface area contributed by atoms with Crippen molar-refractivity contribution in [2.75, 3.05) is 63.5 Å². The first-order valence-electron chi connectivity index (χ1n) is 29.5. The molecule has 6 aromatic carbocycles. The highest BCUT2D eigenvalue weighted by atomic mass is 19.4. The fraction of sp³-hybridized carbons (Fsp3) is 0.343. The van der Waals surface area contributed by atoms with E-state index in [1.54, 1.807) is 58.3 Å². The minimum absolute atomic E-state index is 0.